The first-order chi connectivity index (χ1) is 20.5. The van der Waals surface area contributed by atoms with Crippen LogP contribution in [0.3, 0.4) is 0 Å². The molecule has 8 nitrogen and oxygen atoms in total. The number of carbonyl (C=O) groups is 2. The monoisotopic (exact) mass is 565 g/mol. The topological polar surface area (TPSA) is 137 Å². The Morgan fingerprint density at radius 3 is 1.43 bits per heavy atom. The van der Waals surface area contributed by atoms with Gasteiger partial charge in [0.1, 0.15) is 13.2 Å². The fraction of sp³-hybridized carbons (Fsp3) is 0.235. The van der Waals surface area contributed by atoms with E-state index in [0.29, 0.717) is 19.7 Å². The molecule has 0 saturated carbocycles. The summed E-state index contributed by atoms with van der Waals surface area (Å²) in [5.74, 6) is -0.563. The molecule has 1 unspecified atom stereocenters. The van der Waals surface area contributed by atoms with Crippen molar-refractivity contribution in [3.05, 3.63) is 119 Å². The maximum atomic E-state index is 11.6. The normalized spacial score (nSPS) is 13.5. The number of carbonyl (C=O) groups excluding carboxylic acids is 2. The summed E-state index contributed by atoms with van der Waals surface area (Å²) in [7, 11) is 0. The lowest BCUT2D eigenvalue weighted by Crippen LogP contribution is -2.31. The number of aliphatic hydroxyl groups is 1. The molecule has 4 aromatic carbocycles. The standard InChI is InChI=1S/C17H18N2O2.C17H17NO3/c18-9-10-19-17(20)21-11-16-14-7-3-1-5-12(14)13-6-2-4-8-15(13)16;18-9-16(19)17(20)21-10-15-13-7-3-1-5-11(13)12-6-2-4-8-14(12)15/h1-8,16H,9-11,18H2,(H,19,20);1-8,15-16,19H,9-10,18H2. The number of alkyl carbamates (subject to hydrolysis) is 1. The third-order valence-corrected chi connectivity index (χ3v) is 7.61. The molecule has 0 radical (unpaired) electrons. The first kappa shape index (κ1) is 29.0. The molecule has 0 aromatic heterocycles. The predicted octanol–water partition coefficient (Wildman–Crippen LogP) is 4.15. The molecule has 1 atom stereocenters. The number of benzene rings is 4. The number of ether oxygens (including phenoxy) is 2. The van der Waals surface area contributed by atoms with Crippen molar-refractivity contribution in [3.63, 3.8) is 0 Å². The van der Waals surface area contributed by atoms with Gasteiger partial charge in [-0.1, -0.05) is 97.1 Å². The quantitative estimate of drug-likeness (QED) is 0.236. The fourth-order valence-corrected chi connectivity index (χ4v) is 5.62. The van der Waals surface area contributed by atoms with E-state index in [2.05, 4.69) is 41.7 Å². The van der Waals surface area contributed by atoms with Gasteiger partial charge in [-0.25, -0.2) is 9.59 Å². The van der Waals surface area contributed by atoms with Crippen LogP contribution in [0, 0.1) is 0 Å². The van der Waals surface area contributed by atoms with E-state index in [1.807, 2.05) is 60.7 Å². The molecular formula is C34H35N3O5. The molecule has 0 fully saturated rings. The highest BCUT2D eigenvalue weighted by atomic mass is 16.6. The smallest absolute Gasteiger partial charge is 0.407 e. The van der Waals surface area contributed by atoms with Crippen molar-refractivity contribution >= 4 is 12.1 Å². The maximum Gasteiger partial charge on any atom is 0.407 e. The number of hydrogen-bond acceptors (Lipinski definition) is 7. The number of rotatable bonds is 8. The summed E-state index contributed by atoms with van der Waals surface area (Å²) in [6.45, 7) is 1.26. The SMILES string of the molecule is NCC(O)C(=O)OCC1c2ccccc2-c2ccccc21.NCCNC(=O)OCC1c2ccccc2-c2ccccc21. The Morgan fingerprint density at radius 2 is 1.05 bits per heavy atom. The van der Waals surface area contributed by atoms with Crippen molar-refractivity contribution < 1.29 is 24.2 Å². The van der Waals surface area contributed by atoms with Gasteiger partial charge in [-0.2, -0.15) is 0 Å². The van der Waals surface area contributed by atoms with E-state index in [4.69, 9.17) is 20.9 Å². The van der Waals surface area contributed by atoms with Gasteiger partial charge in [0.05, 0.1) is 0 Å². The van der Waals surface area contributed by atoms with E-state index < -0.39 is 18.2 Å². The minimum atomic E-state index is -1.25. The van der Waals surface area contributed by atoms with Gasteiger partial charge in [-0.05, 0) is 44.5 Å². The highest BCUT2D eigenvalue weighted by Gasteiger charge is 2.30. The zero-order chi connectivity index (χ0) is 29.5. The molecule has 8 heteroatoms. The summed E-state index contributed by atoms with van der Waals surface area (Å²) in [6.07, 6.45) is -1.67. The van der Waals surface area contributed by atoms with Gasteiger partial charge in [0.25, 0.3) is 0 Å². The molecule has 0 spiro atoms. The number of amides is 1. The molecule has 0 aliphatic heterocycles. The van der Waals surface area contributed by atoms with E-state index in [1.54, 1.807) is 0 Å². The number of esters is 1. The average Bonchev–Trinajstić information content (AvgIpc) is 3.54. The van der Waals surface area contributed by atoms with E-state index in [0.717, 1.165) is 11.1 Å². The number of aliphatic hydroxyl groups excluding tert-OH is 1. The van der Waals surface area contributed by atoms with Crippen LogP contribution in [-0.2, 0) is 14.3 Å². The lowest BCUT2D eigenvalue weighted by atomic mass is 9.98. The van der Waals surface area contributed by atoms with Crippen LogP contribution >= 0.6 is 0 Å². The molecule has 0 bridgehead atoms. The Hall–Kier alpha value is -4.50. The second-order valence-electron chi connectivity index (χ2n) is 10.1. The van der Waals surface area contributed by atoms with Gasteiger partial charge < -0.3 is 31.4 Å². The molecular weight excluding hydrogens is 530 g/mol. The van der Waals surface area contributed by atoms with Gasteiger partial charge in [0.2, 0.25) is 0 Å². The van der Waals surface area contributed by atoms with E-state index in [9.17, 15) is 14.7 Å². The minimum absolute atomic E-state index is 0.00586. The lowest BCUT2D eigenvalue weighted by Gasteiger charge is -2.15. The largest absolute Gasteiger partial charge is 0.463 e. The van der Waals surface area contributed by atoms with E-state index in [-0.39, 0.29) is 25.0 Å². The average molecular weight is 566 g/mol. The van der Waals surface area contributed by atoms with Crippen LogP contribution in [0.15, 0.2) is 97.1 Å². The van der Waals surface area contributed by atoms with Gasteiger partial charge in [-0.3, -0.25) is 0 Å². The Kier molecular flexibility index (Phi) is 9.28. The molecule has 216 valence electrons. The van der Waals surface area contributed by atoms with Crippen LogP contribution in [0.1, 0.15) is 34.1 Å². The summed E-state index contributed by atoms with van der Waals surface area (Å²) in [6, 6.07) is 32.7. The molecule has 6 rings (SSSR count). The van der Waals surface area contributed by atoms with Crippen molar-refractivity contribution in [3.8, 4) is 22.3 Å². The number of nitrogens with two attached hydrogens (primary N) is 2. The van der Waals surface area contributed by atoms with E-state index >= 15 is 0 Å². The van der Waals surface area contributed by atoms with E-state index in [1.165, 1.54) is 33.4 Å². The van der Waals surface area contributed by atoms with Crippen LogP contribution in [0.5, 0.6) is 0 Å². The zero-order valence-corrected chi connectivity index (χ0v) is 23.2. The lowest BCUT2D eigenvalue weighted by molar-refractivity contribution is -0.153. The number of fused-ring (bicyclic) bond motifs is 6. The van der Waals surface area contributed by atoms with Crippen LogP contribution in [0.4, 0.5) is 4.79 Å². The second kappa shape index (κ2) is 13.4. The molecule has 1 amide bonds. The highest BCUT2D eigenvalue weighted by Crippen LogP contribution is 2.45. The first-order valence-corrected chi connectivity index (χ1v) is 14.0. The van der Waals surface area contributed by atoms with Gasteiger partial charge in [-0.15, -0.1) is 0 Å². The molecule has 2 aliphatic rings. The van der Waals surface area contributed by atoms with Crippen molar-refractivity contribution in [2.24, 2.45) is 11.5 Å². The number of hydrogen-bond donors (Lipinski definition) is 4. The van der Waals surface area contributed by atoms with Gasteiger partial charge in [0, 0.05) is 31.5 Å². The molecule has 2 aliphatic carbocycles. The maximum absolute atomic E-state index is 11.6. The summed E-state index contributed by atoms with van der Waals surface area (Å²) in [5, 5.41) is 12.0. The Bertz CT molecular complexity index is 1460. The molecule has 4 aromatic rings. The molecule has 6 N–H and O–H groups in total. The third kappa shape index (κ3) is 6.06. The van der Waals surface area contributed by atoms with Gasteiger partial charge >= 0.3 is 12.1 Å². The first-order valence-electron chi connectivity index (χ1n) is 14.0. The summed E-state index contributed by atoms with van der Waals surface area (Å²) in [4.78, 5) is 23.2. The Labute approximate surface area is 245 Å². The highest BCUT2D eigenvalue weighted by molar-refractivity contribution is 5.80. The van der Waals surface area contributed by atoms with Crippen LogP contribution in [0.25, 0.3) is 22.3 Å². The van der Waals surface area contributed by atoms with Crippen molar-refractivity contribution in [1.82, 2.24) is 5.32 Å². The Balaban J connectivity index is 0.000000168. The molecule has 0 heterocycles. The fourth-order valence-electron chi connectivity index (χ4n) is 5.62. The summed E-state index contributed by atoms with van der Waals surface area (Å²) in [5.41, 5.74) is 20.1. The van der Waals surface area contributed by atoms with Crippen LogP contribution < -0.4 is 16.8 Å². The minimum Gasteiger partial charge on any atom is -0.463 e. The second-order valence-corrected chi connectivity index (χ2v) is 10.1. The van der Waals surface area contributed by atoms with Crippen LogP contribution in [0.2, 0.25) is 0 Å². The van der Waals surface area contributed by atoms with Crippen molar-refractivity contribution in [2.75, 3.05) is 32.8 Å². The van der Waals surface area contributed by atoms with Gasteiger partial charge in [0.15, 0.2) is 6.10 Å². The number of nitrogens with one attached hydrogen (secondary N) is 1. The van der Waals surface area contributed by atoms with Crippen molar-refractivity contribution in [1.29, 1.82) is 0 Å². The van der Waals surface area contributed by atoms with Crippen LogP contribution in [-0.4, -0.2) is 56.1 Å². The molecule has 42 heavy (non-hydrogen) atoms. The summed E-state index contributed by atoms with van der Waals surface area (Å²) >= 11 is 0. The third-order valence-electron chi connectivity index (χ3n) is 7.61. The summed E-state index contributed by atoms with van der Waals surface area (Å²) < 4.78 is 10.6. The predicted molar refractivity (Wildman–Crippen MR) is 162 cm³/mol. The Morgan fingerprint density at radius 1 is 0.667 bits per heavy atom. The van der Waals surface area contributed by atoms with Crippen molar-refractivity contribution in [2.45, 2.75) is 17.9 Å². The molecule has 0 saturated heterocycles. The zero-order valence-electron chi connectivity index (χ0n) is 23.2.